The summed E-state index contributed by atoms with van der Waals surface area (Å²) in [4.78, 5) is 18.8. The molecule has 0 saturated carbocycles. The number of para-hydroxylation sites is 2. The summed E-state index contributed by atoms with van der Waals surface area (Å²) >= 11 is 0. The minimum absolute atomic E-state index is 0.0831. The molecule has 23 heavy (non-hydrogen) atoms. The van der Waals surface area contributed by atoms with E-state index in [1.165, 1.54) is 0 Å². The van der Waals surface area contributed by atoms with Crippen molar-refractivity contribution in [2.24, 2.45) is 0 Å². The van der Waals surface area contributed by atoms with Crippen molar-refractivity contribution >= 4 is 17.0 Å². The minimum atomic E-state index is -0.270. The number of benzene rings is 1. The second kappa shape index (κ2) is 6.32. The highest BCUT2D eigenvalue weighted by Crippen LogP contribution is 2.22. The smallest absolute Gasteiger partial charge is 0.222 e. The van der Waals surface area contributed by atoms with Gasteiger partial charge in [0.05, 0.1) is 11.7 Å². The van der Waals surface area contributed by atoms with Gasteiger partial charge in [-0.2, -0.15) is 0 Å². The first kappa shape index (κ1) is 16.0. The third kappa shape index (κ3) is 3.91. The molecule has 1 aromatic heterocycles. The Morgan fingerprint density at radius 3 is 2.91 bits per heavy atom. The third-order valence-corrected chi connectivity index (χ3v) is 4.04. The summed E-state index contributed by atoms with van der Waals surface area (Å²) in [5.74, 6) is 0.888. The molecule has 124 valence electrons. The summed E-state index contributed by atoms with van der Waals surface area (Å²) in [6.45, 7) is 7.40. The number of aryl methyl sites for hydroxylation is 1. The van der Waals surface area contributed by atoms with Crippen LogP contribution < -0.4 is 0 Å². The van der Waals surface area contributed by atoms with Gasteiger partial charge in [-0.05, 0) is 39.3 Å². The quantitative estimate of drug-likeness (QED) is 0.869. The Labute approximate surface area is 136 Å². The van der Waals surface area contributed by atoms with E-state index >= 15 is 0 Å². The number of fused-ring (bicyclic) bond motifs is 1. The maximum absolute atomic E-state index is 12.4. The van der Waals surface area contributed by atoms with Gasteiger partial charge in [0.1, 0.15) is 5.52 Å². The highest BCUT2D eigenvalue weighted by molar-refractivity contribution is 5.76. The van der Waals surface area contributed by atoms with Crippen molar-refractivity contribution in [1.29, 1.82) is 0 Å². The molecule has 1 fully saturated rings. The summed E-state index contributed by atoms with van der Waals surface area (Å²) in [7, 11) is 0. The van der Waals surface area contributed by atoms with Gasteiger partial charge in [-0.15, -0.1) is 0 Å². The number of carbonyl (C=O) groups excluding carboxylic acids is 1. The molecule has 2 heterocycles. The molecular formula is C18H24N2O3. The Bertz CT molecular complexity index is 659. The van der Waals surface area contributed by atoms with Crippen LogP contribution in [0, 0.1) is 0 Å². The summed E-state index contributed by atoms with van der Waals surface area (Å²) in [6, 6.07) is 7.72. The van der Waals surface area contributed by atoms with Crippen LogP contribution in [0.1, 0.15) is 39.5 Å². The predicted molar refractivity (Wildman–Crippen MR) is 88.2 cm³/mol. The number of oxazole rings is 1. The summed E-state index contributed by atoms with van der Waals surface area (Å²) < 4.78 is 11.5. The second-order valence-corrected chi connectivity index (χ2v) is 6.89. The minimum Gasteiger partial charge on any atom is -0.441 e. The van der Waals surface area contributed by atoms with Crippen LogP contribution in [0.2, 0.25) is 0 Å². The Morgan fingerprint density at radius 1 is 1.39 bits per heavy atom. The van der Waals surface area contributed by atoms with Crippen molar-refractivity contribution in [1.82, 2.24) is 9.88 Å². The standard InChI is InChI=1S/C18H24N2O3/c1-13-11-20(12-18(2,3)23-13)17(21)10-6-9-16-19-14-7-4-5-8-15(14)22-16/h4-5,7-8,13H,6,9-12H2,1-3H3. The number of rotatable bonds is 4. The first-order chi connectivity index (χ1) is 10.9. The monoisotopic (exact) mass is 316 g/mol. The Morgan fingerprint density at radius 2 is 2.17 bits per heavy atom. The van der Waals surface area contributed by atoms with Crippen LogP contribution >= 0.6 is 0 Å². The summed E-state index contributed by atoms with van der Waals surface area (Å²) in [5, 5.41) is 0. The number of hydrogen-bond donors (Lipinski definition) is 0. The van der Waals surface area contributed by atoms with Gasteiger partial charge in [-0.25, -0.2) is 4.98 Å². The fourth-order valence-electron chi connectivity index (χ4n) is 3.22. The number of hydrogen-bond acceptors (Lipinski definition) is 4. The van der Waals surface area contributed by atoms with Crippen molar-refractivity contribution in [2.45, 2.75) is 51.7 Å². The van der Waals surface area contributed by atoms with Gasteiger partial charge >= 0.3 is 0 Å². The average Bonchev–Trinajstić information content (AvgIpc) is 2.87. The van der Waals surface area contributed by atoms with Gasteiger partial charge in [0, 0.05) is 25.9 Å². The molecule has 5 heteroatoms. The van der Waals surface area contributed by atoms with Crippen molar-refractivity contribution in [3.63, 3.8) is 0 Å². The normalized spacial score (nSPS) is 20.8. The van der Waals surface area contributed by atoms with Gasteiger partial charge in [0.15, 0.2) is 11.5 Å². The molecule has 0 N–H and O–H groups in total. The van der Waals surface area contributed by atoms with Gasteiger partial charge in [-0.1, -0.05) is 12.1 Å². The van der Waals surface area contributed by atoms with Gasteiger partial charge < -0.3 is 14.1 Å². The zero-order chi connectivity index (χ0) is 16.4. The molecular weight excluding hydrogens is 292 g/mol. The highest BCUT2D eigenvalue weighted by Gasteiger charge is 2.33. The van der Waals surface area contributed by atoms with Crippen molar-refractivity contribution < 1.29 is 13.9 Å². The first-order valence-electron chi connectivity index (χ1n) is 8.23. The van der Waals surface area contributed by atoms with Crippen molar-refractivity contribution in [3.8, 4) is 0 Å². The fourth-order valence-corrected chi connectivity index (χ4v) is 3.22. The van der Waals surface area contributed by atoms with Crippen LogP contribution in [0.5, 0.6) is 0 Å². The maximum atomic E-state index is 12.4. The molecule has 1 unspecified atom stereocenters. The van der Waals surface area contributed by atoms with E-state index in [0.717, 1.165) is 17.5 Å². The number of amides is 1. The van der Waals surface area contributed by atoms with Crippen molar-refractivity contribution in [2.75, 3.05) is 13.1 Å². The molecule has 2 aromatic rings. The van der Waals surface area contributed by atoms with Gasteiger partial charge in [0.25, 0.3) is 0 Å². The SMILES string of the molecule is CC1CN(C(=O)CCCc2nc3ccccc3o2)CC(C)(C)O1. The molecule has 1 aromatic carbocycles. The van der Waals surface area contributed by atoms with E-state index in [1.54, 1.807) is 0 Å². The first-order valence-corrected chi connectivity index (χ1v) is 8.23. The summed E-state index contributed by atoms with van der Waals surface area (Å²) in [5.41, 5.74) is 1.41. The molecule has 1 saturated heterocycles. The Balaban J connectivity index is 1.52. The lowest BCUT2D eigenvalue weighted by molar-refractivity contribution is -0.158. The lowest BCUT2D eigenvalue weighted by Crippen LogP contribution is -2.53. The van der Waals surface area contributed by atoms with Crippen LogP contribution in [-0.2, 0) is 16.0 Å². The van der Waals surface area contributed by atoms with E-state index in [0.29, 0.717) is 31.8 Å². The van der Waals surface area contributed by atoms with Crippen LogP contribution in [0.4, 0.5) is 0 Å². The van der Waals surface area contributed by atoms with E-state index in [4.69, 9.17) is 9.15 Å². The molecule has 0 spiro atoms. The van der Waals surface area contributed by atoms with Crippen molar-refractivity contribution in [3.05, 3.63) is 30.2 Å². The molecule has 3 rings (SSSR count). The molecule has 1 amide bonds. The number of ether oxygens (including phenoxy) is 1. The molecule has 5 nitrogen and oxygen atoms in total. The highest BCUT2D eigenvalue weighted by atomic mass is 16.5. The third-order valence-electron chi connectivity index (χ3n) is 4.04. The number of aromatic nitrogens is 1. The van der Waals surface area contributed by atoms with Crippen LogP contribution in [-0.4, -0.2) is 40.6 Å². The van der Waals surface area contributed by atoms with E-state index in [1.807, 2.05) is 49.9 Å². The lowest BCUT2D eigenvalue weighted by atomic mass is 10.0. The number of nitrogens with zero attached hydrogens (tertiary/aromatic N) is 2. The van der Waals surface area contributed by atoms with Gasteiger partial charge in [-0.3, -0.25) is 4.79 Å². The fraction of sp³-hybridized carbons (Fsp3) is 0.556. The second-order valence-electron chi connectivity index (χ2n) is 6.89. The van der Waals surface area contributed by atoms with Crippen LogP contribution in [0.15, 0.2) is 28.7 Å². The topological polar surface area (TPSA) is 55.6 Å². The van der Waals surface area contributed by atoms with E-state index in [9.17, 15) is 4.79 Å². The number of morpholine rings is 1. The lowest BCUT2D eigenvalue weighted by Gasteiger charge is -2.41. The summed E-state index contributed by atoms with van der Waals surface area (Å²) in [6.07, 6.45) is 2.03. The van der Waals surface area contributed by atoms with E-state index in [2.05, 4.69) is 4.98 Å². The molecule has 1 aliphatic rings. The average molecular weight is 316 g/mol. The zero-order valence-electron chi connectivity index (χ0n) is 14.0. The Hall–Kier alpha value is -1.88. The van der Waals surface area contributed by atoms with Crippen LogP contribution in [0.3, 0.4) is 0 Å². The Kier molecular flexibility index (Phi) is 4.39. The van der Waals surface area contributed by atoms with Crippen LogP contribution in [0.25, 0.3) is 11.1 Å². The van der Waals surface area contributed by atoms with E-state index in [-0.39, 0.29) is 17.6 Å². The largest absolute Gasteiger partial charge is 0.441 e. The molecule has 1 aliphatic heterocycles. The maximum Gasteiger partial charge on any atom is 0.222 e. The molecule has 0 radical (unpaired) electrons. The zero-order valence-corrected chi connectivity index (χ0v) is 14.0. The number of carbonyl (C=O) groups is 1. The molecule has 1 atom stereocenters. The van der Waals surface area contributed by atoms with Gasteiger partial charge in [0.2, 0.25) is 5.91 Å². The van der Waals surface area contributed by atoms with E-state index < -0.39 is 0 Å². The molecule has 0 aliphatic carbocycles. The molecule has 0 bridgehead atoms. The predicted octanol–water partition coefficient (Wildman–Crippen LogP) is 3.18.